The van der Waals surface area contributed by atoms with Crippen LogP contribution in [0.25, 0.3) is 11.1 Å². The van der Waals surface area contributed by atoms with Crippen molar-refractivity contribution in [1.29, 1.82) is 0 Å². The normalized spacial score (nSPS) is 12.9. The van der Waals surface area contributed by atoms with Gasteiger partial charge < -0.3 is 4.74 Å². The molecule has 0 amide bonds. The number of esters is 1. The third-order valence-corrected chi connectivity index (χ3v) is 5.23. The topological polar surface area (TPSA) is 43.4 Å². The van der Waals surface area contributed by atoms with E-state index in [0.717, 1.165) is 24.0 Å². The average Bonchev–Trinajstić information content (AvgIpc) is 2.77. The number of carbonyl (C=O) groups excluding carboxylic acids is 2. The van der Waals surface area contributed by atoms with Gasteiger partial charge in [-0.2, -0.15) is 0 Å². The molecule has 0 aromatic heterocycles. The minimum Gasteiger partial charge on any atom is -0.454 e. The summed E-state index contributed by atoms with van der Waals surface area (Å²) in [5.41, 5.74) is 5.76. The highest BCUT2D eigenvalue weighted by atomic mass is 16.5. The molecule has 0 fully saturated rings. The molecular weight excluding hydrogens is 348 g/mol. The highest BCUT2D eigenvalue weighted by Gasteiger charge is 2.15. The van der Waals surface area contributed by atoms with E-state index in [1.54, 1.807) is 12.1 Å². The summed E-state index contributed by atoms with van der Waals surface area (Å²) >= 11 is 0. The van der Waals surface area contributed by atoms with E-state index in [4.69, 9.17) is 4.74 Å². The standard InChI is InChI=1S/C25H22O3/c26-24(23-15-12-19-8-4-5-9-22(19)16-23)17-28-25(27)21-13-10-20(11-14-21)18-6-2-1-3-7-18/h1-3,6-7,10-16H,4-5,8-9,17H2. The number of Topliss-reactive ketones (excluding diaryl/α,β-unsaturated/α-hetero) is 1. The Morgan fingerprint density at radius 2 is 1.36 bits per heavy atom. The molecule has 3 nitrogen and oxygen atoms in total. The maximum Gasteiger partial charge on any atom is 0.338 e. The summed E-state index contributed by atoms with van der Waals surface area (Å²) < 4.78 is 5.25. The Morgan fingerprint density at radius 1 is 0.714 bits per heavy atom. The zero-order valence-corrected chi connectivity index (χ0v) is 15.7. The third-order valence-electron chi connectivity index (χ3n) is 5.23. The lowest BCUT2D eigenvalue weighted by Crippen LogP contribution is -2.15. The van der Waals surface area contributed by atoms with Gasteiger partial charge in [0.25, 0.3) is 0 Å². The molecule has 3 heteroatoms. The Morgan fingerprint density at radius 3 is 2.11 bits per heavy atom. The minimum atomic E-state index is -0.481. The first-order valence-corrected chi connectivity index (χ1v) is 9.68. The number of rotatable bonds is 5. The molecule has 4 rings (SSSR count). The highest BCUT2D eigenvalue weighted by Crippen LogP contribution is 2.23. The molecule has 0 atom stereocenters. The second kappa shape index (κ2) is 8.22. The van der Waals surface area contributed by atoms with Gasteiger partial charge >= 0.3 is 5.97 Å². The second-order valence-corrected chi connectivity index (χ2v) is 7.13. The summed E-state index contributed by atoms with van der Waals surface area (Å²) in [6, 6.07) is 23.0. The summed E-state index contributed by atoms with van der Waals surface area (Å²) in [6.07, 6.45) is 4.47. The van der Waals surface area contributed by atoms with Crippen molar-refractivity contribution in [2.75, 3.05) is 6.61 Å². The van der Waals surface area contributed by atoms with Crippen molar-refractivity contribution >= 4 is 11.8 Å². The van der Waals surface area contributed by atoms with Crippen LogP contribution in [0.1, 0.15) is 44.7 Å². The molecule has 0 saturated carbocycles. The molecule has 1 aliphatic rings. The van der Waals surface area contributed by atoms with Crippen molar-refractivity contribution in [1.82, 2.24) is 0 Å². The smallest absolute Gasteiger partial charge is 0.338 e. The SMILES string of the molecule is O=C(COC(=O)c1ccc(-c2ccccc2)cc1)c1ccc2c(c1)CCCC2. The van der Waals surface area contributed by atoms with Gasteiger partial charge in [0.15, 0.2) is 12.4 Å². The predicted octanol–water partition coefficient (Wildman–Crippen LogP) is 5.27. The van der Waals surface area contributed by atoms with Gasteiger partial charge in [-0.05, 0) is 66.1 Å². The first-order valence-electron chi connectivity index (χ1n) is 9.68. The first-order chi connectivity index (χ1) is 13.7. The molecule has 0 heterocycles. The maximum absolute atomic E-state index is 12.4. The number of fused-ring (bicyclic) bond motifs is 1. The van der Waals surface area contributed by atoms with Gasteiger partial charge in [-0.3, -0.25) is 4.79 Å². The van der Waals surface area contributed by atoms with E-state index in [1.165, 1.54) is 24.0 Å². The molecule has 0 unspecified atom stereocenters. The number of benzene rings is 3. The van der Waals surface area contributed by atoms with E-state index in [9.17, 15) is 9.59 Å². The minimum absolute atomic E-state index is 0.164. The van der Waals surface area contributed by atoms with Crippen molar-refractivity contribution in [3.8, 4) is 11.1 Å². The Balaban J connectivity index is 1.38. The quantitative estimate of drug-likeness (QED) is 0.454. The van der Waals surface area contributed by atoms with E-state index >= 15 is 0 Å². The van der Waals surface area contributed by atoms with Gasteiger partial charge in [0.1, 0.15) is 0 Å². The molecule has 0 saturated heterocycles. The van der Waals surface area contributed by atoms with Crippen LogP contribution in [0, 0.1) is 0 Å². The Labute approximate surface area is 165 Å². The molecule has 0 N–H and O–H groups in total. The van der Waals surface area contributed by atoms with Gasteiger partial charge in [0.2, 0.25) is 0 Å². The van der Waals surface area contributed by atoms with E-state index in [2.05, 4.69) is 0 Å². The van der Waals surface area contributed by atoms with Crippen LogP contribution >= 0.6 is 0 Å². The van der Waals surface area contributed by atoms with Crippen LogP contribution in [-0.4, -0.2) is 18.4 Å². The summed E-state index contributed by atoms with van der Waals surface area (Å²) in [5.74, 6) is -0.645. The maximum atomic E-state index is 12.4. The molecule has 0 aliphatic heterocycles. The number of aryl methyl sites for hydroxylation is 2. The van der Waals surface area contributed by atoms with Crippen molar-refractivity contribution in [2.45, 2.75) is 25.7 Å². The van der Waals surface area contributed by atoms with Gasteiger partial charge in [-0.1, -0.05) is 54.6 Å². The number of carbonyl (C=O) groups is 2. The molecule has 3 aromatic rings. The van der Waals surface area contributed by atoms with Crippen LogP contribution < -0.4 is 0 Å². The Kier molecular flexibility index (Phi) is 5.34. The second-order valence-electron chi connectivity index (χ2n) is 7.13. The lowest BCUT2D eigenvalue weighted by Gasteiger charge is -2.16. The van der Waals surface area contributed by atoms with Crippen LogP contribution in [0.2, 0.25) is 0 Å². The number of hydrogen-bond donors (Lipinski definition) is 0. The fourth-order valence-electron chi connectivity index (χ4n) is 3.63. The molecular formula is C25H22O3. The molecule has 0 spiro atoms. The third kappa shape index (κ3) is 4.04. The summed E-state index contributed by atoms with van der Waals surface area (Å²) in [4.78, 5) is 24.7. The Hall–Kier alpha value is -3.20. The van der Waals surface area contributed by atoms with Crippen molar-refractivity contribution in [2.24, 2.45) is 0 Å². The zero-order valence-electron chi connectivity index (χ0n) is 15.7. The lowest BCUT2D eigenvalue weighted by molar-refractivity contribution is 0.0475. The summed E-state index contributed by atoms with van der Waals surface area (Å²) in [5, 5.41) is 0. The van der Waals surface area contributed by atoms with Gasteiger partial charge in [-0.25, -0.2) is 4.79 Å². The largest absolute Gasteiger partial charge is 0.454 e. The van der Waals surface area contributed by atoms with Gasteiger partial charge in [0.05, 0.1) is 5.56 Å². The van der Waals surface area contributed by atoms with E-state index < -0.39 is 5.97 Å². The molecule has 140 valence electrons. The lowest BCUT2D eigenvalue weighted by atomic mass is 9.90. The van der Waals surface area contributed by atoms with Crippen LogP contribution in [0.5, 0.6) is 0 Å². The van der Waals surface area contributed by atoms with Crippen molar-refractivity contribution in [3.05, 3.63) is 95.1 Å². The van der Waals surface area contributed by atoms with E-state index in [-0.39, 0.29) is 12.4 Å². The Bertz CT molecular complexity index is 988. The average molecular weight is 370 g/mol. The van der Waals surface area contributed by atoms with Crippen molar-refractivity contribution < 1.29 is 14.3 Å². The summed E-state index contributed by atoms with van der Waals surface area (Å²) in [6.45, 7) is -0.238. The van der Waals surface area contributed by atoms with E-state index in [0.29, 0.717) is 11.1 Å². The van der Waals surface area contributed by atoms with Crippen LogP contribution in [0.15, 0.2) is 72.8 Å². The van der Waals surface area contributed by atoms with Crippen molar-refractivity contribution in [3.63, 3.8) is 0 Å². The fraction of sp³-hybridized carbons (Fsp3) is 0.200. The van der Waals surface area contributed by atoms with E-state index in [1.807, 2.05) is 60.7 Å². The molecule has 0 radical (unpaired) electrons. The van der Waals surface area contributed by atoms with Gasteiger partial charge in [0, 0.05) is 5.56 Å². The molecule has 1 aliphatic carbocycles. The number of ether oxygens (including phenoxy) is 1. The van der Waals surface area contributed by atoms with Gasteiger partial charge in [-0.15, -0.1) is 0 Å². The number of ketones is 1. The van der Waals surface area contributed by atoms with Crippen LogP contribution in [0.3, 0.4) is 0 Å². The molecule has 28 heavy (non-hydrogen) atoms. The predicted molar refractivity (Wildman–Crippen MR) is 110 cm³/mol. The molecule has 3 aromatic carbocycles. The first kappa shape index (κ1) is 18.2. The highest BCUT2D eigenvalue weighted by molar-refractivity contribution is 5.99. The summed E-state index contributed by atoms with van der Waals surface area (Å²) in [7, 11) is 0. The van der Waals surface area contributed by atoms with Crippen LogP contribution in [0.4, 0.5) is 0 Å². The van der Waals surface area contributed by atoms with Crippen LogP contribution in [-0.2, 0) is 17.6 Å². The number of hydrogen-bond acceptors (Lipinski definition) is 3. The molecule has 0 bridgehead atoms. The zero-order chi connectivity index (χ0) is 19.3. The fourth-order valence-corrected chi connectivity index (χ4v) is 3.63. The monoisotopic (exact) mass is 370 g/mol.